The summed E-state index contributed by atoms with van der Waals surface area (Å²) in [4.78, 5) is 21.0. The zero-order valence-electron chi connectivity index (χ0n) is 14.3. The van der Waals surface area contributed by atoms with E-state index in [9.17, 15) is 4.79 Å². The van der Waals surface area contributed by atoms with E-state index in [1.165, 1.54) is 32.4 Å². The Hall–Kier alpha value is -1.81. The lowest BCUT2D eigenvalue weighted by Gasteiger charge is -2.36. The number of nitrogens with one attached hydrogen (secondary N) is 1. The Labute approximate surface area is 143 Å². The van der Waals surface area contributed by atoms with E-state index in [1.54, 1.807) is 0 Å². The number of H-pyrrole nitrogens is 1. The largest absolute Gasteiger partial charge is 0.361 e. The van der Waals surface area contributed by atoms with Crippen molar-refractivity contribution in [3.8, 4) is 0 Å². The van der Waals surface area contributed by atoms with Crippen LogP contribution in [0, 0.1) is 0 Å². The number of aromatic amines is 1. The molecule has 1 amide bonds. The van der Waals surface area contributed by atoms with Crippen molar-refractivity contribution in [3.05, 3.63) is 36.0 Å². The maximum Gasteiger partial charge on any atom is 0.254 e. The first-order valence-electron chi connectivity index (χ1n) is 9.42. The molecule has 1 aromatic carbocycles. The smallest absolute Gasteiger partial charge is 0.254 e. The monoisotopic (exact) mass is 325 g/mol. The van der Waals surface area contributed by atoms with E-state index in [0.717, 1.165) is 48.8 Å². The topological polar surface area (TPSA) is 39.3 Å². The minimum atomic E-state index is 0.206. The molecule has 4 nitrogen and oxygen atoms in total. The summed E-state index contributed by atoms with van der Waals surface area (Å²) in [5.41, 5.74) is 1.87. The Bertz CT molecular complexity index is 702. The summed E-state index contributed by atoms with van der Waals surface area (Å²) in [7, 11) is 0. The highest BCUT2D eigenvalue weighted by Gasteiger charge is 2.28. The van der Waals surface area contributed by atoms with E-state index in [4.69, 9.17) is 0 Å². The van der Waals surface area contributed by atoms with Crippen molar-refractivity contribution >= 4 is 16.8 Å². The van der Waals surface area contributed by atoms with E-state index < -0.39 is 0 Å². The van der Waals surface area contributed by atoms with Gasteiger partial charge in [0.15, 0.2) is 0 Å². The highest BCUT2D eigenvalue weighted by molar-refractivity contribution is 5.98. The molecule has 0 unspecified atom stereocenters. The highest BCUT2D eigenvalue weighted by atomic mass is 16.2. The van der Waals surface area contributed by atoms with E-state index in [2.05, 4.69) is 14.8 Å². The molecule has 0 spiro atoms. The number of nitrogens with zero attached hydrogens (tertiary/aromatic N) is 2. The van der Waals surface area contributed by atoms with Gasteiger partial charge in [0, 0.05) is 36.4 Å². The molecule has 24 heavy (non-hydrogen) atoms. The molecule has 1 aromatic heterocycles. The quantitative estimate of drug-likeness (QED) is 0.932. The third-order valence-corrected chi connectivity index (χ3v) is 5.67. The number of piperidine rings is 1. The number of carbonyl (C=O) groups is 1. The van der Waals surface area contributed by atoms with E-state index in [0.29, 0.717) is 6.04 Å². The van der Waals surface area contributed by atoms with Gasteiger partial charge in [-0.2, -0.15) is 0 Å². The minimum absolute atomic E-state index is 0.206. The van der Waals surface area contributed by atoms with Gasteiger partial charge in [-0.1, -0.05) is 6.07 Å². The molecule has 0 bridgehead atoms. The molecule has 128 valence electrons. The Morgan fingerprint density at radius 3 is 2.79 bits per heavy atom. The van der Waals surface area contributed by atoms with Gasteiger partial charge in [-0.25, -0.2) is 0 Å². The molecule has 1 atom stereocenters. The predicted molar refractivity (Wildman–Crippen MR) is 97.3 cm³/mol. The van der Waals surface area contributed by atoms with Crippen LogP contribution in [0.5, 0.6) is 0 Å². The minimum Gasteiger partial charge on any atom is -0.361 e. The molecule has 1 N–H and O–H groups in total. The molecule has 0 saturated carbocycles. The summed E-state index contributed by atoms with van der Waals surface area (Å²) in [5.74, 6) is 0.206. The van der Waals surface area contributed by atoms with Gasteiger partial charge in [-0.05, 0) is 75.2 Å². The summed E-state index contributed by atoms with van der Waals surface area (Å²) in [6, 6.07) is 8.48. The normalized spacial score (nSPS) is 22.3. The van der Waals surface area contributed by atoms with Crippen LogP contribution in [0.15, 0.2) is 30.5 Å². The second-order valence-corrected chi connectivity index (χ2v) is 7.27. The van der Waals surface area contributed by atoms with E-state index in [-0.39, 0.29) is 5.91 Å². The highest BCUT2D eigenvalue weighted by Crippen LogP contribution is 2.24. The number of aromatic nitrogens is 1. The standard InChI is InChI=1S/C20H27N3O/c24-20(17-7-6-16-8-10-21-19(16)15-17)23-13-2-1-5-18(23)9-14-22-11-3-4-12-22/h6-8,10,15,18,21H,1-5,9,11-14H2/t18-/m1/s1. The van der Waals surface area contributed by atoms with Crippen molar-refractivity contribution in [2.75, 3.05) is 26.2 Å². The molecule has 4 heteroatoms. The average molecular weight is 325 g/mol. The number of likely N-dealkylation sites (tertiary alicyclic amines) is 2. The fourth-order valence-corrected chi connectivity index (χ4v) is 4.25. The Morgan fingerprint density at radius 2 is 1.92 bits per heavy atom. The first-order chi connectivity index (χ1) is 11.8. The zero-order chi connectivity index (χ0) is 16.4. The Morgan fingerprint density at radius 1 is 1.08 bits per heavy atom. The summed E-state index contributed by atoms with van der Waals surface area (Å²) in [5, 5.41) is 1.16. The number of amides is 1. The number of hydrogen-bond acceptors (Lipinski definition) is 2. The van der Waals surface area contributed by atoms with Gasteiger partial charge in [-0.15, -0.1) is 0 Å². The number of fused-ring (bicyclic) bond motifs is 1. The van der Waals surface area contributed by atoms with Crippen LogP contribution in [-0.4, -0.2) is 52.9 Å². The first kappa shape index (κ1) is 15.7. The molecule has 0 aliphatic carbocycles. The molecule has 2 saturated heterocycles. The van der Waals surface area contributed by atoms with Crippen molar-refractivity contribution in [1.82, 2.24) is 14.8 Å². The van der Waals surface area contributed by atoms with Crippen molar-refractivity contribution in [2.45, 2.75) is 44.6 Å². The van der Waals surface area contributed by atoms with Crippen molar-refractivity contribution in [3.63, 3.8) is 0 Å². The lowest BCUT2D eigenvalue weighted by molar-refractivity contribution is 0.0588. The molecule has 4 rings (SSSR count). The van der Waals surface area contributed by atoms with Crippen LogP contribution in [-0.2, 0) is 0 Å². The van der Waals surface area contributed by atoms with Crippen LogP contribution in [0.1, 0.15) is 48.9 Å². The molecule has 2 aliphatic rings. The number of benzene rings is 1. The van der Waals surface area contributed by atoms with E-state index >= 15 is 0 Å². The molecular formula is C20H27N3O. The van der Waals surface area contributed by atoms with Crippen molar-refractivity contribution < 1.29 is 4.79 Å². The van der Waals surface area contributed by atoms with Gasteiger partial charge in [0.05, 0.1) is 0 Å². The second kappa shape index (κ2) is 6.98. The van der Waals surface area contributed by atoms with Crippen LogP contribution in [0.4, 0.5) is 0 Å². The molecule has 2 fully saturated rings. The third-order valence-electron chi connectivity index (χ3n) is 5.67. The summed E-state index contributed by atoms with van der Waals surface area (Å²) >= 11 is 0. The SMILES string of the molecule is O=C(c1ccc2cc[nH]c2c1)N1CCCC[C@@H]1CCN1CCCC1. The number of hydrogen-bond donors (Lipinski definition) is 1. The average Bonchev–Trinajstić information content (AvgIpc) is 3.30. The zero-order valence-corrected chi connectivity index (χ0v) is 14.3. The molecule has 2 aromatic rings. The summed E-state index contributed by atoms with van der Waals surface area (Å²) < 4.78 is 0. The second-order valence-electron chi connectivity index (χ2n) is 7.27. The van der Waals surface area contributed by atoms with Gasteiger partial charge < -0.3 is 14.8 Å². The lowest BCUT2D eigenvalue weighted by atomic mass is 9.97. The molecular weight excluding hydrogens is 298 g/mol. The first-order valence-corrected chi connectivity index (χ1v) is 9.42. The van der Waals surface area contributed by atoms with Gasteiger partial charge >= 0.3 is 0 Å². The summed E-state index contributed by atoms with van der Waals surface area (Å²) in [6.45, 7) is 4.53. The maximum atomic E-state index is 13.1. The summed E-state index contributed by atoms with van der Waals surface area (Å²) in [6.07, 6.45) is 9.27. The van der Waals surface area contributed by atoms with Crippen molar-refractivity contribution in [1.29, 1.82) is 0 Å². The molecule has 2 aliphatic heterocycles. The fraction of sp³-hybridized carbons (Fsp3) is 0.550. The van der Waals surface area contributed by atoms with E-state index in [1.807, 2.05) is 30.5 Å². The van der Waals surface area contributed by atoms with Gasteiger partial charge in [-0.3, -0.25) is 4.79 Å². The number of rotatable bonds is 4. The van der Waals surface area contributed by atoms with Crippen molar-refractivity contribution in [2.24, 2.45) is 0 Å². The van der Waals surface area contributed by atoms with Crippen LogP contribution >= 0.6 is 0 Å². The predicted octanol–water partition coefficient (Wildman–Crippen LogP) is 3.65. The number of carbonyl (C=O) groups excluding carboxylic acids is 1. The molecule has 3 heterocycles. The van der Waals surface area contributed by atoms with Crippen LogP contribution < -0.4 is 0 Å². The van der Waals surface area contributed by atoms with Crippen LogP contribution in [0.25, 0.3) is 10.9 Å². The maximum absolute atomic E-state index is 13.1. The lowest BCUT2D eigenvalue weighted by Crippen LogP contribution is -2.45. The third kappa shape index (κ3) is 3.20. The van der Waals surface area contributed by atoms with Gasteiger partial charge in [0.25, 0.3) is 5.91 Å². The molecule has 0 radical (unpaired) electrons. The van der Waals surface area contributed by atoms with Crippen LogP contribution in [0.3, 0.4) is 0 Å². The van der Waals surface area contributed by atoms with Gasteiger partial charge in [0.2, 0.25) is 0 Å². The fourth-order valence-electron chi connectivity index (χ4n) is 4.25. The van der Waals surface area contributed by atoms with Gasteiger partial charge in [0.1, 0.15) is 0 Å². The Kier molecular flexibility index (Phi) is 4.56. The Balaban J connectivity index is 1.47. The van der Waals surface area contributed by atoms with Crippen LogP contribution in [0.2, 0.25) is 0 Å².